The van der Waals surface area contributed by atoms with Crippen LogP contribution in [-0.4, -0.2) is 38.9 Å². The van der Waals surface area contributed by atoms with Gasteiger partial charge in [0.25, 0.3) is 0 Å². The van der Waals surface area contributed by atoms with Gasteiger partial charge in [0, 0.05) is 30.4 Å². The van der Waals surface area contributed by atoms with Crippen LogP contribution in [0, 0.1) is 0 Å². The summed E-state index contributed by atoms with van der Waals surface area (Å²) in [6, 6.07) is 7.90. The van der Waals surface area contributed by atoms with Crippen molar-refractivity contribution in [3.8, 4) is 0 Å². The lowest BCUT2D eigenvalue weighted by Crippen LogP contribution is -2.23. The number of anilines is 2. The smallest absolute Gasteiger partial charge is 0.234 e. The van der Waals surface area contributed by atoms with Gasteiger partial charge >= 0.3 is 0 Å². The van der Waals surface area contributed by atoms with Gasteiger partial charge in [0.2, 0.25) is 11.8 Å². The van der Waals surface area contributed by atoms with E-state index in [4.69, 9.17) is 0 Å². The van der Waals surface area contributed by atoms with Crippen LogP contribution in [-0.2, 0) is 9.59 Å². The Kier molecular flexibility index (Phi) is 4.44. The van der Waals surface area contributed by atoms with Crippen LogP contribution in [0.2, 0.25) is 0 Å². The molecule has 0 atom stereocenters. The minimum atomic E-state index is -0.0830. The van der Waals surface area contributed by atoms with Crippen molar-refractivity contribution in [3.63, 3.8) is 0 Å². The predicted octanol–water partition coefficient (Wildman–Crippen LogP) is 2.47. The van der Waals surface area contributed by atoms with Crippen molar-refractivity contribution in [2.75, 3.05) is 22.5 Å². The van der Waals surface area contributed by atoms with Crippen molar-refractivity contribution in [3.05, 3.63) is 30.6 Å². The van der Waals surface area contributed by atoms with E-state index in [-0.39, 0.29) is 17.6 Å². The second-order valence-electron chi connectivity index (χ2n) is 6.28. The highest BCUT2D eigenvalue weighted by molar-refractivity contribution is 7.99. The maximum Gasteiger partial charge on any atom is 0.234 e. The van der Waals surface area contributed by atoms with Crippen LogP contribution < -0.4 is 10.2 Å². The second-order valence-corrected chi connectivity index (χ2v) is 7.23. The van der Waals surface area contributed by atoms with E-state index in [0.29, 0.717) is 12.5 Å². The first-order valence-corrected chi connectivity index (χ1v) is 9.42. The summed E-state index contributed by atoms with van der Waals surface area (Å²) in [6.45, 7) is 0.767. The number of thioether (sulfide) groups is 1. The molecule has 1 saturated heterocycles. The van der Waals surface area contributed by atoms with Gasteiger partial charge in [-0.3, -0.25) is 9.59 Å². The standard InChI is InChI=1S/C17H19N5O2S/c23-15(10-25-17-20-18-11-22(17)14-7-8-14)19-12-3-5-13(6-4-12)21-9-1-2-16(21)24/h3-6,11,14H,1-2,7-10H2,(H,19,23). The summed E-state index contributed by atoms with van der Waals surface area (Å²) in [6.07, 6.45) is 5.56. The molecule has 1 N–H and O–H groups in total. The largest absolute Gasteiger partial charge is 0.325 e. The molecular weight excluding hydrogens is 338 g/mol. The van der Waals surface area contributed by atoms with Gasteiger partial charge in [-0.2, -0.15) is 0 Å². The van der Waals surface area contributed by atoms with E-state index < -0.39 is 0 Å². The molecule has 1 aliphatic heterocycles. The lowest BCUT2D eigenvalue weighted by Gasteiger charge is -2.16. The zero-order chi connectivity index (χ0) is 17.2. The van der Waals surface area contributed by atoms with Crippen molar-refractivity contribution in [1.29, 1.82) is 0 Å². The van der Waals surface area contributed by atoms with E-state index in [1.54, 1.807) is 11.2 Å². The minimum Gasteiger partial charge on any atom is -0.325 e. The van der Waals surface area contributed by atoms with Crippen LogP contribution in [0.4, 0.5) is 11.4 Å². The van der Waals surface area contributed by atoms with Crippen LogP contribution in [0.25, 0.3) is 0 Å². The summed E-state index contributed by atoms with van der Waals surface area (Å²) in [4.78, 5) is 25.7. The number of rotatable bonds is 6. The van der Waals surface area contributed by atoms with E-state index in [1.807, 2.05) is 28.8 Å². The molecule has 2 heterocycles. The number of nitrogens with zero attached hydrogens (tertiary/aromatic N) is 4. The second kappa shape index (κ2) is 6.87. The maximum absolute atomic E-state index is 12.1. The fraction of sp³-hybridized carbons (Fsp3) is 0.412. The lowest BCUT2D eigenvalue weighted by atomic mass is 10.2. The van der Waals surface area contributed by atoms with Gasteiger partial charge in [0.05, 0.1) is 5.75 Å². The average Bonchev–Trinajstić information content (AvgIpc) is 3.19. The monoisotopic (exact) mass is 357 g/mol. The fourth-order valence-electron chi connectivity index (χ4n) is 2.91. The third kappa shape index (κ3) is 3.68. The molecule has 1 saturated carbocycles. The summed E-state index contributed by atoms with van der Waals surface area (Å²) in [5.74, 6) is 0.367. The number of nitrogens with one attached hydrogen (secondary N) is 1. The van der Waals surface area contributed by atoms with Gasteiger partial charge in [-0.1, -0.05) is 11.8 Å². The molecule has 130 valence electrons. The molecule has 0 unspecified atom stereocenters. The summed E-state index contributed by atoms with van der Waals surface area (Å²) in [7, 11) is 0. The Morgan fingerprint density at radius 1 is 1.28 bits per heavy atom. The van der Waals surface area contributed by atoms with Crippen LogP contribution in [0.5, 0.6) is 0 Å². The van der Waals surface area contributed by atoms with Crippen molar-refractivity contribution in [1.82, 2.24) is 14.8 Å². The van der Waals surface area contributed by atoms with Crippen LogP contribution >= 0.6 is 11.8 Å². The van der Waals surface area contributed by atoms with Gasteiger partial charge in [-0.05, 0) is 43.5 Å². The number of hydrogen-bond acceptors (Lipinski definition) is 5. The summed E-state index contributed by atoms with van der Waals surface area (Å²) in [5, 5.41) is 11.7. The number of carbonyl (C=O) groups excluding carboxylic acids is 2. The molecule has 4 rings (SSSR count). The number of aromatic nitrogens is 3. The topological polar surface area (TPSA) is 80.1 Å². The zero-order valence-corrected chi connectivity index (χ0v) is 14.5. The van der Waals surface area contributed by atoms with Gasteiger partial charge < -0.3 is 14.8 Å². The first-order valence-electron chi connectivity index (χ1n) is 8.43. The fourth-order valence-corrected chi connectivity index (χ4v) is 3.69. The van der Waals surface area contributed by atoms with Gasteiger partial charge in [-0.15, -0.1) is 10.2 Å². The zero-order valence-electron chi connectivity index (χ0n) is 13.7. The molecule has 0 bridgehead atoms. The Bertz CT molecular complexity index is 785. The molecule has 2 aromatic rings. The number of carbonyl (C=O) groups is 2. The van der Waals surface area contributed by atoms with Crippen molar-refractivity contribution in [2.45, 2.75) is 36.9 Å². The molecule has 1 aromatic heterocycles. The molecule has 25 heavy (non-hydrogen) atoms. The molecule has 0 radical (unpaired) electrons. The minimum absolute atomic E-state index is 0.0830. The molecule has 2 fully saturated rings. The summed E-state index contributed by atoms with van der Waals surface area (Å²) < 4.78 is 2.04. The molecular formula is C17H19N5O2S. The Morgan fingerprint density at radius 2 is 2.08 bits per heavy atom. The average molecular weight is 357 g/mol. The van der Waals surface area contributed by atoms with Crippen molar-refractivity contribution < 1.29 is 9.59 Å². The first-order chi connectivity index (χ1) is 12.2. The van der Waals surface area contributed by atoms with Crippen LogP contribution in [0.15, 0.2) is 35.7 Å². The van der Waals surface area contributed by atoms with Crippen molar-refractivity contribution >= 4 is 35.0 Å². The number of hydrogen-bond donors (Lipinski definition) is 1. The molecule has 2 aliphatic rings. The van der Waals surface area contributed by atoms with Gasteiger partial charge in [-0.25, -0.2) is 0 Å². The van der Waals surface area contributed by atoms with E-state index in [0.717, 1.165) is 42.3 Å². The highest BCUT2D eigenvalue weighted by atomic mass is 32.2. The first kappa shape index (κ1) is 16.1. The highest BCUT2D eigenvalue weighted by Gasteiger charge is 2.26. The number of amides is 2. The Morgan fingerprint density at radius 3 is 2.76 bits per heavy atom. The summed E-state index contributed by atoms with van der Waals surface area (Å²) in [5.41, 5.74) is 1.61. The SMILES string of the molecule is O=C(CSc1nncn1C1CC1)Nc1ccc(N2CCCC2=O)cc1. The summed E-state index contributed by atoms with van der Waals surface area (Å²) >= 11 is 1.40. The van der Waals surface area contributed by atoms with Crippen molar-refractivity contribution in [2.24, 2.45) is 0 Å². The Hall–Kier alpha value is -2.35. The third-order valence-electron chi connectivity index (χ3n) is 4.35. The van der Waals surface area contributed by atoms with E-state index in [9.17, 15) is 9.59 Å². The van der Waals surface area contributed by atoms with E-state index >= 15 is 0 Å². The van der Waals surface area contributed by atoms with Gasteiger partial charge in [0.15, 0.2) is 5.16 Å². The highest BCUT2D eigenvalue weighted by Crippen LogP contribution is 2.37. The lowest BCUT2D eigenvalue weighted by molar-refractivity contribution is -0.117. The molecule has 2 amide bonds. The number of benzene rings is 1. The molecule has 1 aromatic carbocycles. The maximum atomic E-state index is 12.1. The van der Waals surface area contributed by atoms with Gasteiger partial charge in [0.1, 0.15) is 6.33 Å². The molecule has 7 nitrogen and oxygen atoms in total. The molecule has 0 spiro atoms. The normalized spacial score (nSPS) is 17.1. The Labute approximate surface area is 149 Å². The Balaban J connectivity index is 1.31. The van der Waals surface area contributed by atoms with Crippen LogP contribution in [0.3, 0.4) is 0 Å². The molecule has 1 aliphatic carbocycles. The predicted molar refractivity (Wildman–Crippen MR) is 95.7 cm³/mol. The molecule has 8 heteroatoms. The van der Waals surface area contributed by atoms with E-state index in [2.05, 4.69) is 15.5 Å². The van der Waals surface area contributed by atoms with Crippen LogP contribution in [0.1, 0.15) is 31.7 Å². The van der Waals surface area contributed by atoms with E-state index in [1.165, 1.54) is 11.8 Å². The third-order valence-corrected chi connectivity index (χ3v) is 5.31. The quantitative estimate of drug-likeness (QED) is 0.804.